The van der Waals surface area contributed by atoms with Crippen molar-refractivity contribution in [3.63, 3.8) is 0 Å². The Bertz CT molecular complexity index is 761. The van der Waals surface area contributed by atoms with E-state index in [1.807, 2.05) is 32.0 Å². The predicted molar refractivity (Wildman–Crippen MR) is 121 cm³/mol. The third-order valence-corrected chi connectivity index (χ3v) is 3.92. The molecular formula is C20H29IN4O3. The summed E-state index contributed by atoms with van der Waals surface area (Å²) >= 11 is 0. The molecule has 0 aliphatic rings. The van der Waals surface area contributed by atoms with E-state index in [1.165, 1.54) is 6.26 Å². The van der Waals surface area contributed by atoms with Crippen molar-refractivity contribution in [2.24, 2.45) is 4.99 Å². The van der Waals surface area contributed by atoms with Crippen LogP contribution in [0.3, 0.4) is 0 Å². The third-order valence-electron chi connectivity index (χ3n) is 3.92. The number of benzene rings is 1. The lowest BCUT2D eigenvalue weighted by atomic mass is 10.0. The topological polar surface area (TPSA) is 98.9 Å². The second kappa shape index (κ2) is 11.7. The molecule has 1 aromatic carbocycles. The SMILES string of the molecule is CCNC(=NCC(C)(O)c1ccco1)NCCNC(=O)c1cccc(C)c1.I. The van der Waals surface area contributed by atoms with Crippen LogP contribution in [0.25, 0.3) is 0 Å². The van der Waals surface area contributed by atoms with Gasteiger partial charge in [-0.1, -0.05) is 17.7 Å². The molecule has 1 unspecified atom stereocenters. The molecule has 0 aliphatic heterocycles. The first-order valence-electron chi connectivity index (χ1n) is 9.06. The van der Waals surface area contributed by atoms with E-state index in [9.17, 15) is 9.90 Å². The molecule has 154 valence electrons. The summed E-state index contributed by atoms with van der Waals surface area (Å²) in [5.74, 6) is 0.921. The summed E-state index contributed by atoms with van der Waals surface area (Å²) in [5.41, 5.74) is 0.502. The van der Waals surface area contributed by atoms with Gasteiger partial charge < -0.3 is 25.5 Å². The number of hydrogen-bond donors (Lipinski definition) is 4. The number of amides is 1. The number of hydrogen-bond acceptors (Lipinski definition) is 4. The summed E-state index contributed by atoms with van der Waals surface area (Å²) in [7, 11) is 0. The molecule has 0 spiro atoms. The largest absolute Gasteiger partial charge is 0.466 e. The lowest BCUT2D eigenvalue weighted by Gasteiger charge is -2.19. The first-order chi connectivity index (χ1) is 12.9. The Balaban J connectivity index is 0.00000392. The van der Waals surface area contributed by atoms with Crippen molar-refractivity contribution in [2.75, 3.05) is 26.2 Å². The van der Waals surface area contributed by atoms with Gasteiger partial charge in [-0.05, 0) is 45.0 Å². The molecule has 2 aromatic rings. The molecule has 0 aliphatic carbocycles. The number of rotatable bonds is 8. The van der Waals surface area contributed by atoms with E-state index in [2.05, 4.69) is 20.9 Å². The van der Waals surface area contributed by atoms with Gasteiger partial charge in [0.05, 0.1) is 12.8 Å². The van der Waals surface area contributed by atoms with Crippen molar-refractivity contribution in [2.45, 2.75) is 26.4 Å². The number of furan rings is 1. The highest BCUT2D eigenvalue weighted by atomic mass is 127. The van der Waals surface area contributed by atoms with Crippen molar-refractivity contribution in [3.05, 3.63) is 59.5 Å². The van der Waals surface area contributed by atoms with Crippen molar-refractivity contribution < 1.29 is 14.3 Å². The summed E-state index contributed by atoms with van der Waals surface area (Å²) < 4.78 is 5.26. The van der Waals surface area contributed by atoms with E-state index in [0.29, 0.717) is 36.9 Å². The van der Waals surface area contributed by atoms with Crippen molar-refractivity contribution in [3.8, 4) is 0 Å². The van der Waals surface area contributed by atoms with Crippen LogP contribution in [0.5, 0.6) is 0 Å². The van der Waals surface area contributed by atoms with E-state index in [-0.39, 0.29) is 36.4 Å². The van der Waals surface area contributed by atoms with Gasteiger partial charge in [-0.3, -0.25) is 4.79 Å². The molecule has 28 heavy (non-hydrogen) atoms. The van der Waals surface area contributed by atoms with E-state index in [0.717, 1.165) is 5.56 Å². The molecule has 4 N–H and O–H groups in total. The molecule has 8 heteroatoms. The van der Waals surface area contributed by atoms with Gasteiger partial charge in [0.2, 0.25) is 0 Å². The van der Waals surface area contributed by atoms with Gasteiger partial charge in [0.15, 0.2) is 5.96 Å². The summed E-state index contributed by atoms with van der Waals surface area (Å²) in [5, 5.41) is 19.6. The van der Waals surface area contributed by atoms with Crippen LogP contribution >= 0.6 is 24.0 Å². The quantitative estimate of drug-likeness (QED) is 0.193. The third kappa shape index (κ3) is 7.51. The van der Waals surface area contributed by atoms with Gasteiger partial charge in [-0.2, -0.15) is 0 Å². The molecule has 0 radical (unpaired) electrons. The zero-order valence-corrected chi connectivity index (χ0v) is 18.8. The number of aliphatic hydroxyl groups is 1. The summed E-state index contributed by atoms with van der Waals surface area (Å²) in [4.78, 5) is 16.5. The van der Waals surface area contributed by atoms with Gasteiger partial charge in [0, 0.05) is 25.2 Å². The number of nitrogens with zero attached hydrogens (tertiary/aromatic N) is 1. The van der Waals surface area contributed by atoms with E-state index >= 15 is 0 Å². The maximum atomic E-state index is 12.1. The van der Waals surface area contributed by atoms with Crippen molar-refractivity contribution in [1.82, 2.24) is 16.0 Å². The Morgan fingerprint density at radius 1 is 1.18 bits per heavy atom. The van der Waals surface area contributed by atoms with Gasteiger partial charge in [-0.25, -0.2) is 4.99 Å². The van der Waals surface area contributed by atoms with Crippen LogP contribution in [0.1, 0.15) is 35.5 Å². The van der Waals surface area contributed by atoms with Crippen LogP contribution < -0.4 is 16.0 Å². The highest BCUT2D eigenvalue weighted by molar-refractivity contribution is 14.0. The molecule has 1 amide bonds. The molecular weight excluding hydrogens is 471 g/mol. The Kier molecular flexibility index (Phi) is 10.0. The predicted octanol–water partition coefficient (Wildman–Crippen LogP) is 2.40. The van der Waals surface area contributed by atoms with Gasteiger partial charge in [0.25, 0.3) is 5.91 Å². The second-order valence-corrected chi connectivity index (χ2v) is 6.50. The van der Waals surface area contributed by atoms with Crippen molar-refractivity contribution in [1.29, 1.82) is 0 Å². The molecule has 0 fully saturated rings. The second-order valence-electron chi connectivity index (χ2n) is 6.50. The van der Waals surface area contributed by atoms with Gasteiger partial charge in [-0.15, -0.1) is 24.0 Å². The normalized spacial score (nSPS) is 13.2. The maximum Gasteiger partial charge on any atom is 0.251 e. The molecule has 2 rings (SSSR count). The van der Waals surface area contributed by atoms with E-state index in [4.69, 9.17) is 4.42 Å². The number of aliphatic imine (C=N–C) groups is 1. The number of aryl methyl sites for hydroxylation is 1. The van der Waals surface area contributed by atoms with Gasteiger partial charge >= 0.3 is 0 Å². The van der Waals surface area contributed by atoms with Gasteiger partial charge in [0.1, 0.15) is 11.4 Å². The first kappa shape index (κ1) is 24.0. The van der Waals surface area contributed by atoms with E-state index in [1.54, 1.807) is 25.1 Å². The zero-order valence-electron chi connectivity index (χ0n) is 16.5. The molecule has 1 heterocycles. The standard InChI is InChI=1S/C20H28N4O3.HI/c1-4-21-19(24-14-20(3,26)17-9-6-12-27-17)23-11-10-22-18(25)16-8-5-7-15(2)13-16;/h5-9,12-13,26H,4,10-11,14H2,1-3H3,(H,22,25)(H2,21,23,24);1H. The lowest BCUT2D eigenvalue weighted by Crippen LogP contribution is -2.42. The molecule has 0 bridgehead atoms. The molecule has 1 aromatic heterocycles. The molecule has 7 nitrogen and oxygen atoms in total. The Morgan fingerprint density at radius 2 is 1.93 bits per heavy atom. The number of nitrogens with one attached hydrogen (secondary N) is 3. The highest BCUT2D eigenvalue weighted by Gasteiger charge is 2.26. The minimum atomic E-state index is -1.19. The summed E-state index contributed by atoms with van der Waals surface area (Å²) in [6.45, 7) is 7.35. The van der Waals surface area contributed by atoms with E-state index < -0.39 is 5.60 Å². The van der Waals surface area contributed by atoms with Crippen LogP contribution in [-0.2, 0) is 5.60 Å². The Morgan fingerprint density at radius 3 is 2.57 bits per heavy atom. The Hall–Kier alpha value is -2.07. The lowest BCUT2D eigenvalue weighted by molar-refractivity contribution is 0.0437. The first-order valence-corrected chi connectivity index (χ1v) is 9.06. The minimum Gasteiger partial charge on any atom is -0.466 e. The zero-order chi connectivity index (χ0) is 19.7. The van der Waals surface area contributed by atoms with Crippen LogP contribution in [0.2, 0.25) is 0 Å². The highest BCUT2D eigenvalue weighted by Crippen LogP contribution is 2.20. The summed E-state index contributed by atoms with van der Waals surface area (Å²) in [6, 6.07) is 10.9. The Labute approximate surface area is 183 Å². The number of guanidine groups is 1. The fourth-order valence-electron chi connectivity index (χ4n) is 2.48. The van der Waals surface area contributed by atoms with Crippen LogP contribution in [-0.4, -0.2) is 43.2 Å². The number of halogens is 1. The number of carbonyl (C=O) groups is 1. The average molecular weight is 500 g/mol. The smallest absolute Gasteiger partial charge is 0.251 e. The van der Waals surface area contributed by atoms with Crippen molar-refractivity contribution >= 4 is 35.8 Å². The van der Waals surface area contributed by atoms with Crippen LogP contribution in [0.4, 0.5) is 0 Å². The minimum absolute atomic E-state index is 0. The molecule has 0 saturated heterocycles. The number of carbonyl (C=O) groups excluding carboxylic acids is 1. The van der Waals surface area contributed by atoms with Crippen LogP contribution in [0.15, 0.2) is 52.1 Å². The van der Waals surface area contributed by atoms with Crippen LogP contribution in [0, 0.1) is 6.92 Å². The molecule has 1 atom stereocenters. The molecule has 0 saturated carbocycles. The summed E-state index contributed by atoms with van der Waals surface area (Å²) in [6.07, 6.45) is 1.52. The fraction of sp³-hybridized carbons (Fsp3) is 0.400. The maximum absolute atomic E-state index is 12.1. The average Bonchev–Trinajstić information content (AvgIpc) is 3.18. The monoisotopic (exact) mass is 500 g/mol. The fourth-order valence-corrected chi connectivity index (χ4v) is 2.48.